The van der Waals surface area contributed by atoms with Gasteiger partial charge in [0.2, 0.25) is 10.0 Å². The van der Waals surface area contributed by atoms with Crippen LogP contribution < -0.4 is 10.0 Å². The topological polar surface area (TPSA) is 88.2 Å². The van der Waals surface area contributed by atoms with E-state index in [1.807, 2.05) is 10.0 Å². The average molecular weight is 405 g/mol. The molecule has 0 spiro atoms. The Labute approximate surface area is 152 Å². The van der Waals surface area contributed by atoms with E-state index in [2.05, 4.69) is 4.98 Å². The molecule has 1 aromatic heterocycles. The zero-order chi connectivity index (χ0) is 20.4. The molecule has 2 aromatic rings. The normalized spacial score (nSPS) is 12.7. The van der Waals surface area contributed by atoms with Crippen LogP contribution in [0.1, 0.15) is 28.9 Å². The van der Waals surface area contributed by atoms with Crippen molar-refractivity contribution in [3.8, 4) is 0 Å². The Bertz CT molecular complexity index is 983. The third kappa shape index (κ3) is 4.80. The van der Waals surface area contributed by atoms with Gasteiger partial charge in [0.25, 0.3) is 5.91 Å². The van der Waals surface area contributed by atoms with Crippen LogP contribution in [0.4, 0.5) is 23.2 Å². The van der Waals surface area contributed by atoms with Gasteiger partial charge < -0.3 is 5.32 Å². The predicted octanol–water partition coefficient (Wildman–Crippen LogP) is 2.54. The monoisotopic (exact) mass is 405 g/mol. The number of halogens is 4. The third-order valence-corrected chi connectivity index (χ3v) is 5.23. The fourth-order valence-electron chi connectivity index (χ4n) is 2.38. The number of nitrogens with one attached hydrogen (secondary N) is 2. The lowest BCUT2D eigenvalue weighted by Crippen LogP contribution is -2.26. The van der Waals surface area contributed by atoms with Crippen LogP contribution in [-0.2, 0) is 10.0 Å². The number of amides is 1. The summed E-state index contributed by atoms with van der Waals surface area (Å²) in [7, 11) is -2.59. The molecule has 0 aliphatic heterocycles. The number of nitrogens with zero attached hydrogens (tertiary/aromatic N) is 1. The van der Waals surface area contributed by atoms with Gasteiger partial charge in [-0.15, -0.1) is 0 Å². The molecule has 146 valence electrons. The molecule has 2 rings (SSSR count). The van der Waals surface area contributed by atoms with Gasteiger partial charge in [-0.25, -0.2) is 35.7 Å². The number of pyridine rings is 1. The highest BCUT2D eigenvalue weighted by Gasteiger charge is 2.25. The third-order valence-electron chi connectivity index (χ3n) is 3.67. The van der Waals surface area contributed by atoms with Crippen LogP contribution in [0.15, 0.2) is 24.4 Å². The zero-order valence-electron chi connectivity index (χ0n) is 14.2. The van der Waals surface area contributed by atoms with Crippen LogP contribution >= 0.6 is 0 Å². The van der Waals surface area contributed by atoms with Crippen molar-refractivity contribution >= 4 is 21.6 Å². The summed E-state index contributed by atoms with van der Waals surface area (Å²) in [5.74, 6) is -7.33. The molecule has 1 amide bonds. The van der Waals surface area contributed by atoms with E-state index in [9.17, 15) is 30.8 Å². The van der Waals surface area contributed by atoms with Gasteiger partial charge in [-0.3, -0.25) is 4.79 Å². The highest BCUT2D eigenvalue weighted by atomic mass is 32.2. The molecule has 1 heterocycles. The second kappa shape index (κ2) is 8.01. The summed E-state index contributed by atoms with van der Waals surface area (Å²) < 4.78 is 80.4. The van der Waals surface area contributed by atoms with Crippen molar-refractivity contribution < 1.29 is 30.8 Å². The van der Waals surface area contributed by atoms with Crippen LogP contribution in [0, 0.1) is 23.3 Å². The van der Waals surface area contributed by atoms with Gasteiger partial charge in [-0.05, 0) is 19.2 Å². The molecule has 0 unspecified atom stereocenters. The molecule has 0 aliphatic carbocycles. The molecule has 2 N–H and O–H groups in total. The van der Waals surface area contributed by atoms with Crippen molar-refractivity contribution in [1.82, 2.24) is 9.71 Å². The molecule has 11 heteroatoms. The van der Waals surface area contributed by atoms with Gasteiger partial charge in [0.1, 0.15) is 11.6 Å². The number of rotatable bonds is 6. The lowest BCUT2D eigenvalue weighted by atomic mass is 10.0. The zero-order valence-corrected chi connectivity index (χ0v) is 15.0. The van der Waals surface area contributed by atoms with Gasteiger partial charge in [0.15, 0.2) is 17.3 Å². The number of aromatic nitrogens is 1. The molecular formula is C16H15F4N3O3S. The highest BCUT2D eigenvalue weighted by molar-refractivity contribution is 7.89. The average Bonchev–Trinajstić information content (AvgIpc) is 2.57. The minimum atomic E-state index is -3.75. The van der Waals surface area contributed by atoms with Gasteiger partial charge in [0, 0.05) is 17.5 Å². The van der Waals surface area contributed by atoms with E-state index in [0.29, 0.717) is 12.3 Å². The molecule has 1 aromatic carbocycles. The van der Waals surface area contributed by atoms with Crippen LogP contribution in [-0.4, -0.2) is 32.1 Å². The molecule has 27 heavy (non-hydrogen) atoms. The Morgan fingerprint density at radius 1 is 1.19 bits per heavy atom. The first-order valence-electron chi connectivity index (χ1n) is 7.57. The molecule has 1 atom stereocenters. The van der Waals surface area contributed by atoms with Crippen molar-refractivity contribution in [3.63, 3.8) is 0 Å². The SMILES string of the molecule is CNS(=O)(=O)C[C@@H](C)c1c(F)ccc(NC(=O)c2ncc(F)cc2F)c1F. The number of hydrogen-bond acceptors (Lipinski definition) is 4. The molecule has 0 radical (unpaired) electrons. The largest absolute Gasteiger partial charge is 0.318 e. The number of hydrogen-bond donors (Lipinski definition) is 2. The quantitative estimate of drug-likeness (QED) is 0.723. The first-order valence-corrected chi connectivity index (χ1v) is 9.22. The van der Waals surface area contributed by atoms with Gasteiger partial charge >= 0.3 is 0 Å². The second-order valence-electron chi connectivity index (χ2n) is 5.65. The van der Waals surface area contributed by atoms with Gasteiger partial charge in [-0.2, -0.15) is 0 Å². The summed E-state index contributed by atoms with van der Waals surface area (Å²) in [5, 5.41) is 2.02. The lowest BCUT2D eigenvalue weighted by molar-refractivity contribution is 0.101. The minimum Gasteiger partial charge on any atom is -0.318 e. The van der Waals surface area contributed by atoms with E-state index in [0.717, 1.165) is 19.2 Å². The number of anilines is 1. The first-order chi connectivity index (χ1) is 12.6. The predicted molar refractivity (Wildman–Crippen MR) is 89.7 cm³/mol. The van der Waals surface area contributed by atoms with Crippen LogP contribution in [0.2, 0.25) is 0 Å². The van der Waals surface area contributed by atoms with Crippen molar-refractivity contribution in [2.24, 2.45) is 0 Å². The maximum atomic E-state index is 14.7. The molecule has 6 nitrogen and oxygen atoms in total. The second-order valence-corrected chi connectivity index (χ2v) is 7.62. The molecule has 0 bridgehead atoms. The Morgan fingerprint density at radius 3 is 2.44 bits per heavy atom. The maximum absolute atomic E-state index is 14.7. The number of benzene rings is 1. The van der Waals surface area contributed by atoms with Crippen LogP contribution in [0.25, 0.3) is 0 Å². The molecule has 0 aliphatic rings. The van der Waals surface area contributed by atoms with Crippen molar-refractivity contribution in [2.45, 2.75) is 12.8 Å². The van der Waals surface area contributed by atoms with E-state index in [1.54, 1.807) is 0 Å². The van der Waals surface area contributed by atoms with Gasteiger partial charge in [-0.1, -0.05) is 6.92 Å². The molecule has 0 fully saturated rings. The van der Waals surface area contributed by atoms with E-state index >= 15 is 0 Å². The van der Waals surface area contributed by atoms with Crippen LogP contribution in [0.3, 0.4) is 0 Å². The van der Waals surface area contributed by atoms with Crippen molar-refractivity contribution in [3.05, 3.63) is 58.9 Å². The lowest BCUT2D eigenvalue weighted by Gasteiger charge is -2.16. The summed E-state index contributed by atoms with van der Waals surface area (Å²) in [6.45, 7) is 1.29. The molecule has 0 saturated heterocycles. The van der Waals surface area contributed by atoms with Crippen molar-refractivity contribution in [1.29, 1.82) is 0 Å². The van der Waals surface area contributed by atoms with Crippen molar-refractivity contribution in [2.75, 3.05) is 18.1 Å². The van der Waals surface area contributed by atoms with E-state index < -0.39 is 67.8 Å². The molecular weight excluding hydrogens is 390 g/mol. The number of sulfonamides is 1. The standard InChI is InChI=1S/C16H15F4N3O3S/c1-8(7-27(25,26)21-2)13-10(18)3-4-12(14(13)20)23-16(24)15-11(19)5-9(17)6-22-15/h3-6,8,21H,7H2,1-2H3,(H,23,24)/t8-/m1/s1. The first kappa shape index (κ1) is 20.8. The summed E-state index contributed by atoms with van der Waals surface area (Å²) in [4.78, 5) is 15.3. The fourth-order valence-corrected chi connectivity index (χ4v) is 3.37. The number of carbonyl (C=O) groups excluding carboxylic acids is 1. The summed E-state index contributed by atoms with van der Waals surface area (Å²) >= 11 is 0. The van der Waals surface area contributed by atoms with Gasteiger partial charge in [0.05, 0.1) is 17.6 Å². The Morgan fingerprint density at radius 2 is 1.85 bits per heavy atom. The summed E-state index contributed by atoms with van der Waals surface area (Å²) in [5.41, 5.74) is -1.85. The maximum Gasteiger partial charge on any atom is 0.277 e. The van der Waals surface area contributed by atoms with E-state index in [-0.39, 0.29) is 0 Å². The van der Waals surface area contributed by atoms with E-state index in [1.165, 1.54) is 6.92 Å². The Kier molecular flexibility index (Phi) is 6.16. The van der Waals surface area contributed by atoms with E-state index in [4.69, 9.17) is 0 Å². The molecule has 0 saturated carbocycles. The smallest absolute Gasteiger partial charge is 0.277 e. The Hall–Kier alpha value is -2.53. The minimum absolute atomic E-state index is 0.430. The summed E-state index contributed by atoms with van der Waals surface area (Å²) in [6.07, 6.45) is 0.606. The fraction of sp³-hybridized carbons (Fsp3) is 0.250. The Balaban J connectivity index is 2.35. The summed E-state index contributed by atoms with van der Waals surface area (Å²) in [6, 6.07) is 2.16. The van der Waals surface area contributed by atoms with Crippen LogP contribution in [0.5, 0.6) is 0 Å². The highest BCUT2D eigenvalue weighted by Crippen LogP contribution is 2.29. The number of carbonyl (C=O) groups is 1.